The third kappa shape index (κ3) is 4.10. The fraction of sp³-hybridized carbons (Fsp3) is 0.700. The Morgan fingerprint density at radius 3 is 2.19 bits per heavy atom. The van der Waals surface area contributed by atoms with Crippen LogP contribution in [-0.2, 0) is 5.41 Å². The van der Waals surface area contributed by atoms with Crippen LogP contribution >= 0.6 is 0 Å². The molecular weight excluding hydrogens is 254 g/mol. The molecule has 1 N–H and O–H groups in total. The van der Waals surface area contributed by atoms with Gasteiger partial charge in [-0.1, -0.05) is 70.4 Å². The van der Waals surface area contributed by atoms with Crippen LogP contribution in [0.2, 0.25) is 0 Å². The van der Waals surface area contributed by atoms with Crippen LogP contribution in [0.4, 0.5) is 0 Å². The molecule has 0 aliphatic heterocycles. The van der Waals surface area contributed by atoms with Crippen molar-refractivity contribution in [3.63, 3.8) is 0 Å². The first-order chi connectivity index (χ1) is 9.98. The van der Waals surface area contributed by atoms with E-state index >= 15 is 0 Å². The first-order valence-electron chi connectivity index (χ1n) is 8.71. The topological polar surface area (TPSA) is 12.0 Å². The molecule has 1 unspecified atom stereocenters. The lowest BCUT2D eigenvalue weighted by molar-refractivity contribution is 0.193. The Labute approximate surface area is 131 Å². The molecule has 1 heteroatoms. The average Bonchev–Trinajstić information content (AvgIpc) is 2.48. The number of rotatable bonds is 5. The molecule has 0 bridgehead atoms. The molecule has 118 valence electrons. The fourth-order valence-electron chi connectivity index (χ4n) is 4.07. The normalized spacial score (nSPS) is 20.2. The molecule has 0 heterocycles. The number of nitrogens with one attached hydrogen (secondary N) is 1. The second kappa shape index (κ2) is 6.96. The maximum atomic E-state index is 3.68. The minimum atomic E-state index is 0.347. The zero-order chi connectivity index (χ0) is 15.3. The summed E-state index contributed by atoms with van der Waals surface area (Å²) in [6, 6.07) is 11.9. The number of likely N-dealkylation sites (N-methyl/N-ethyl adjacent to an activating group) is 1. The van der Waals surface area contributed by atoms with Gasteiger partial charge in [0.1, 0.15) is 0 Å². The van der Waals surface area contributed by atoms with E-state index in [1.807, 2.05) is 0 Å². The summed E-state index contributed by atoms with van der Waals surface area (Å²) >= 11 is 0. The molecule has 0 aromatic heterocycles. The van der Waals surface area contributed by atoms with Crippen molar-refractivity contribution in [3.05, 3.63) is 35.9 Å². The van der Waals surface area contributed by atoms with Crippen LogP contribution in [0.3, 0.4) is 0 Å². The number of benzene rings is 1. The lowest BCUT2D eigenvalue weighted by Crippen LogP contribution is -2.48. The molecule has 1 atom stereocenters. The van der Waals surface area contributed by atoms with Crippen molar-refractivity contribution in [1.29, 1.82) is 0 Å². The summed E-state index contributed by atoms with van der Waals surface area (Å²) in [6.45, 7) is 7.07. The third-order valence-corrected chi connectivity index (χ3v) is 5.29. The van der Waals surface area contributed by atoms with E-state index in [-0.39, 0.29) is 0 Å². The minimum Gasteiger partial charge on any atom is -0.316 e. The van der Waals surface area contributed by atoms with Crippen LogP contribution in [0.15, 0.2) is 30.3 Å². The Kier molecular flexibility index (Phi) is 5.48. The Morgan fingerprint density at radius 1 is 1.05 bits per heavy atom. The van der Waals surface area contributed by atoms with Gasteiger partial charge < -0.3 is 5.32 Å². The summed E-state index contributed by atoms with van der Waals surface area (Å²) in [7, 11) is 2.16. The van der Waals surface area contributed by atoms with Crippen LogP contribution in [-0.4, -0.2) is 13.1 Å². The molecule has 1 nitrogen and oxygen atoms in total. The van der Waals surface area contributed by atoms with Crippen molar-refractivity contribution in [2.75, 3.05) is 7.05 Å². The van der Waals surface area contributed by atoms with Gasteiger partial charge in [0, 0.05) is 11.5 Å². The Morgan fingerprint density at radius 2 is 1.67 bits per heavy atom. The van der Waals surface area contributed by atoms with E-state index in [0.717, 1.165) is 0 Å². The fourth-order valence-corrected chi connectivity index (χ4v) is 4.07. The van der Waals surface area contributed by atoms with Crippen LogP contribution in [0.5, 0.6) is 0 Å². The predicted molar refractivity (Wildman–Crippen MR) is 92.7 cm³/mol. The zero-order valence-electron chi connectivity index (χ0n) is 14.4. The monoisotopic (exact) mass is 287 g/mol. The molecule has 0 radical (unpaired) electrons. The van der Waals surface area contributed by atoms with Crippen molar-refractivity contribution >= 4 is 0 Å². The largest absolute Gasteiger partial charge is 0.316 e. The molecule has 0 saturated heterocycles. The summed E-state index contributed by atoms with van der Waals surface area (Å²) in [5.74, 6) is 0. The van der Waals surface area contributed by atoms with Crippen LogP contribution < -0.4 is 5.32 Å². The van der Waals surface area contributed by atoms with E-state index in [9.17, 15) is 0 Å². The van der Waals surface area contributed by atoms with Gasteiger partial charge in [-0.2, -0.15) is 0 Å². The first kappa shape index (κ1) is 16.5. The van der Waals surface area contributed by atoms with Crippen molar-refractivity contribution in [3.8, 4) is 0 Å². The standard InChI is InChI=1S/C20H33N/c1-19(2,3)16-13-18(21-4)20(14-9-6-10-15-20)17-11-7-5-8-12-17/h5,7-8,11-12,18,21H,6,9-10,13-16H2,1-4H3. The highest BCUT2D eigenvalue weighted by Crippen LogP contribution is 2.44. The van der Waals surface area contributed by atoms with E-state index in [1.54, 1.807) is 5.56 Å². The quantitative estimate of drug-likeness (QED) is 0.774. The Hall–Kier alpha value is -0.820. The van der Waals surface area contributed by atoms with Gasteiger partial charge in [0.2, 0.25) is 0 Å². The summed E-state index contributed by atoms with van der Waals surface area (Å²) < 4.78 is 0. The van der Waals surface area contributed by atoms with Gasteiger partial charge in [0.15, 0.2) is 0 Å². The smallest absolute Gasteiger partial charge is 0.0161 e. The average molecular weight is 287 g/mol. The second-order valence-corrected chi connectivity index (χ2v) is 8.02. The van der Waals surface area contributed by atoms with Crippen LogP contribution in [0, 0.1) is 5.41 Å². The maximum absolute atomic E-state index is 3.68. The number of hydrogen-bond donors (Lipinski definition) is 1. The summed E-state index contributed by atoms with van der Waals surface area (Å²) in [6.07, 6.45) is 9.40. The predicted octanol–water partition coefficient (Wildman–Crippen LogP) is 5.30. The molecule has 1 aromatic rings. The molecule has 0 amide bonds. The SMILES string of the molecule is CNC(CCC(C)(C)C)C1(c2ccccc2)CCCCC1. The lowest BCUT2D eigenvalue weighted by Gasteiger charge is -2.45. The van der Waals surface area contributed by atoms with E-state index in [2.05, 4.69) is 63.5 Å². The van der Waals surface area contributed by atoms with Crippen LogP contribution in [0.25, 0.3) is 0 Å². The van der Waals surface area contributed by atoms with E-state index < -0.39 is 0 Å². The van der Waals surface area contributed by atoms with Gasteiger partial charge in [-0.3, -0.25) is 0 Å². The van der Waals surface area contributed by atoms with Crippen LogP contribution in [0.1, 0.15) is 71.3 Å². The molecule has 1 saturated carbocycles. The van der Waals surface area contributed by atoms with E-state index in [4.69, 9.17) is 0 Å². The van der Waals surface area contributed by atoms with Crippen molar-refractivity contribution in [1.82, 2.24) is 5.32 Å². The van der Waals surface area contributed by atoms with Gasteiger partial charge in [-0.15, -0.1) is 0 Å². The highest BCUT2D eigenvalue weighted by Gasteiger charge is 2.40. The van der Waals surface area contributed by atoms with Crippen molar-refractivity contribution in [2.24, 2.45) is 5.41 Å². The molecule has 21 heavy (non-hydrogen) atoms. The Bertz CT molecular complexity index is 409. The summed E-state index contributed by atoms with van der Waals surface area (Å²) in [4.78, 5) is 0. The molecule has 1 aliphatic rings. The molecule has 1 fully saturated rings. The van der Waals surface area contributed by atoms with Gasteiger partial charge >= 0.3 is 0 Å². The third-order valence-electron chi connectivity index (χ3n) is 5.29. The first-order valence-corrected chi connectivity index (χ1v) is 8.71. The van der Waals surface area contributed by atoms with E-state index in [0.29, 0.717) is 16.9 Å². The summed E-state index contributed by atoms with van der Waals surface area (Å²) in [5, 5.41) is 3.68. The molecule has 1 aliphatic carbocycles. The van der Waals surface area contributed by atoms with Gasteiger partial charge in [-0.25, -0.2) is 0 Å². The van der Waals surface area contributed by atoms with Crippen molar-refractivity contribution < 1.29 is 0 Å². The second-order valence-electron chi connectivity index (χ2n) is 8.02. The maximum Gasteiger partial charge on any atom is 0.0161 e. The summed E-state index contributed by atoms with van der Waals surface area (Å²) in [5.41, 5.74) is 2.32. The molecular formula is C20H33N. The zero-order valence-corrected chi connectivity index (χ0v) is 14.4. The Balaban J connectivity index is 2.25. The van der Waals surface area contributed by atoms with Gasteiger partial charge in [0.05, 0.1) is 0 Å². The minimum absolute atomic E-state index is 0.347. The molecule has 1 aromatic carbocycles. The molecule has 2 rings (SSSR count). The van der Waals surface area contributed by atoms with Crippen molar-refractivity contribution in [2.45, 2.75) is 77.2 Å². The van der Waals surface area contributed by atoms with Gasteiger partial charge in [-0.05, 0) is 43.7 Å². The highest BCUT2D eigenvalue weighted by atomic mass is 14.9. The van der Waals surface area contributed by atoms with E-state index in [1.165, 1.54) is 44.9 Å². The van der Waals surface area contributed by atoms with Gasteiger partial charge in [0.25, 0.3) is 0 Å². The lowest BCUT2D eigenvalue weighted by atomic mass is 9.63. The number of hydrogen-bond acceptors (Lipinski definition) is 1. The highest BCUT2D eigenvalue weighted by molar-refractivity contribution is 5.28. The molecule has 0 spiro atoms.